The molecule has 1 aromatic carbocycles. The molecule has 0 saturated heterocycles. The number of fused-ring (bicyclic) bond motifs is 1. The number of anilines is 1. The fraction of sp³-hybridized carbons (Fsp3) is 0.389. The first kappa shape index (κ1) is 15.7. The Kier molecular flexibility index (Phi) is 3.91. The van der Waals surface area contributed by atoms with Gasteiger partial charge in [0, 0.05) is 23.7 Å². The van der Waals surface area contributed by atoms with Crippen LogP contribution in [0.5, 0.6) is 11.5 Å². The summed E-state index contributed by atoms with van der Waals surface area (Å²) in [5, 5.41) is 9.32. The molecule has 0 unspecified atom stereocenters. The third-order valence-corrected chi connectivity index (χ3v) is 4.61. The lowest BCUT2D eigenvalue weighted by Crippen LogP contribution is -2.27. The fourth-order valence-electron chi connectivity index (χ4n) is 3.05. The molecular weight excluding hydrogens is 322 g/mol. The largest absolute Gasteiger partial charge is 0.497 e. The minimum absolute atomic E-state index is 0.394. The minimum atomic E-state index is -0.997. The molecule has 1 aliphatic carbocycles. The maximum absolute atomic E-state index is 11.4. The van der Waals surface area contributed by atoms with Crippen LogP contribution in [-0.4, -0.2) is 41.4 Å². The molecule has 130 valence electrons. The first-order valence-corrected chi connectivity index (χ1v) is 8.33. The summed E-state index contributed by atoms with van der Waals surface area (Å²) in [5.74, 6) is 2.51. The van der Waals surface area contributed by atoms with E-state index in [0.717, 1.165) is 16.8 Å². The van der Waals surface area contributed by atoms with Gasteiger partial charge in [0.25, 0.3) is 0 Å². The smallest absolute Gasteiger partial charge is 0.413 e. The Balaban J connectivity index is 1.75. The van der Waals surface area contributed by atoms with Crippen molar-refractivity contribution >= 4 is 11.9 Å². The van der Waals surface area contributed by atoms with E-state index in [-0.39, 0.29) is 0 Å². The Labute approximate surface area is 145 Å². The Morgan fingerprint density at radius 3 is 2.92 bits per heavy atom. The van der Waals surface area contributed by atoms with Gasteiger partial charge in [0.05, 0.1) is 19.4 Å². The van der Waals surface area contributed by atoms with Gasteiger partial charge in [-0.05, 0) is 37.3 Å². The zero-order valence-electron chi connectivity index (χ0n) is 13.9. The van der Waals surface area contributed by atoms with E-state index in [2.05, 4.69) is 9.97 Å². The Morgan fingerprint density at radius 1 is 1.36 bits per heavy atom. The van der Waals surface area contributed by atoms with Gasteiger partial charge in [-0.3, -0.25) is 4.90 Å². The second-order valence-corrected chi connectivity index (χ2v) is 6.33. The summed E-state index contributed by atoms with van der Waals surface area (Å²) >= 11 is 0. The van der Waals surface area contributed by atoms with E-state index in [1.807, 2.05) is 18.2 Å². The molecule has 7 nitrogen and oxygen atoms in total. The maximum atomic E-state index is 11.4. The van der Waals surface area contributed by atoms with Gasteiger partial charge in [0.15, 0.2) is 0 Å². The minimum Gasteiger partial charge on any atom is -0.497 e. The highest BCUT2D eigenvalue weighted by molar-refractivity contribution is 5.89. The number of hydrogen-bond donors (Lipinski definition) is 1. The quantitative estimate of drug-likeness (QED) is 0.900. The first-order valence-electron chi connectivity index (χ1n) is 8.33. The molecule has 7 heteroatoms. The van der Waals surface area contributed by atoms with Crippen LogP contribution in [0.1, 0.15) is 18.4 Å². The average Bonchev–Trinajstić information content (AvgIpc) is 3.35. The second kappa shape index (κ2) is 6.23. The van der Waals surface area contributed by atoms with Gasteiger partial charge in [-0.2, -0.15) is 0 Å². The molecule has 1 saturated carbocycles. The lowest BCUT2D eigenvalue weighted by atomic mass is 10.0. The summed E-state index contributed by atoms with van der Waals surface area (Å²) in [6.07, 6.45) is 3.41. The molecule has 2 heterocycles. The molecular formula is C18H19N3O4. The van der Waals surface area contributed by atoms with E-state index < -0.39 is 6.09 Å². The predicted octanol–water partition coefficient (Wildman–Crippen LogP) is 2.98. The van der Waals surface area contributed by atoms with E-state index in [9.17, 15) is 9.90 Å². The Morgan fingerprint density at radius 2 is 2.20 bits per heavy atom. The monoisotopic (exact) mass is 341 g/mol. The zero-order chi connectivity index (χ0) is 17.4. The molecule has 1 aromatic heterocycles. The van der Waals surface area contributed by atoms with Crippen molar-refractivity contribution in [3.8, 4) is 22.8 Å². The van der Waals surface area contributed by atoms with E-state index in [0.29, 0.717) is 42.8 Å². The van der Waals surface area contributed by atoms with Crippen LogP contribution in [0.2, 0.25) is 0 Å². The maximum Gasteiger partial charge on any atom is 0.413 e. The van der Waals surface area contributed by atoms with E-state index in [4.69, 9.17) is 9.47 Å². The standard InChI is InChI=1S/C18H19N3O4/c1-24-12-4-5-13(15(8-12)25-9-11-2-3-11)16-14-6-7-21(18(22)23)17(14)20-10-19-16/h4-5,8,10-11H,2-3,6-7,9H2,1H3,(H,22,23). The molecule has 25 heavy (non-hydrogen) atoms. The summed E-state index contributed by atoms with van der Waals surface area (Å²) in [6, 6.07) is 5.63. The molecule has 1 fully saturated rings. The van der Waals surface area contributed by atoms with Crippen LogP contribution >= 0.6 is 0 Å². The highest BCUT2D eigenvalue weighted by atomic mass is 16.5. The van der Waals surface area contributed by atoms with Crippen LogP contribution in [0.3, 0.4) is 0 Å². The predicted molar refractivity (Wildman–Crippen MR) is 91.3 cm³/mol. The van der Waals surface area contributed by atoms with Crippen molar-refractivity contribution in [2.75, 3.05) is 25.2 Å². The molecule has 1 aliphatic heterocycles. The summed E-state index contributed by atoms with van der Waals surface area (Å²) in [6.45, 7) is 1.07. The first-order chi connectivity index (χ1) is 12.2. The molecule has 0 radical (unpaired) electrons. The van der Waals surface area contributed by atoms with Crippen LogP contribution in [0.4, 0.5) is 10.6 Å². The van der Waals surface area contributed by atoms with Crippen molar-refractivity contribution in [1.82, 2.24) is 9.97 Å². The van der Waals surface area contributed by atoms with E-state index >= 15 is 0 Å². The number of nitrogens with zero attached hydrogens (tertiary/aromatic N) is 3. The number of rotatable bonds is 5. The van der Waals surface area contributed by atoms with Gasteiger partial charge in [0.1, 0.15) is 23.6 Å². The highest BCUT2D eigenvalue weighted by Gasteiger charge is 2.30. The average molecular weight is 341 g/mol. The molecule has 0 bridgehead atoms. The van der Waals surface area contributed by atoms with Crippen LogP contribution < -0.4 is 14.4 Å². The number of ether oxygens (including phenoxy) is 2. The number of carboxylic acid groups (broad SMARTS) is 1. The summed E-state index contributed by atoms with van der Waals surface area (Å²) in [5.41, 5.74) is 2.40. The topological polar surface area (TPSA) is 84.8 Å². The number of amides is 1. The third kappa shape index (κ3) is 2.97. The van der Waals surface area contributed by atoms with Gasteiger partial charge in [-0.25, -0.2) is 14.8 Å². The fourth-order valence-corrected chi connectivity index (χ4v) is 3.05. The van der Waals surface area contributed by atoms with Gasteiger partial charge in [-0.1, -0.05) is 0 Å². The number of aromatic nitrogens is 2. The molecule has 4 rings (SSSR count). The van der Waals surface area contributed by atoms with Crippen LogP contribution in [0.25, 0.3) is 11.3 Å². The van der Waals surface area contributed by atoms with Crippen molar-refractivity contribution in [3.63, 3.8) is 0 Å². The number of benzene rings is 1. The SMILES string of the molecule is COc1ccc(-c2ncnc3c2CCN3C(=O)O)c(OCC2CC2)c1. The summed E-state index contributed by atoms with van der Waals surface area (Å²) in [4.78, 5) is 21.2. The Bertz CT molecular complexity index is 820. The van der Waals surface area contributed by atoms with Crippen molar-refractivity contribution in [2.24, 2.45) is 5.92 Å². The molecule has 1 N–H and O–H groups in total. The Hall–Kier alpha value is -2.83. The van der Waals surface area contributed by atoms with Gasteiger partial charge >= 0.3 is 6.09 Å². The van der Waals surface area contributed by atoms with Crippen LogP contribution in [0, 0.1) is 5.92 Å². The second-order valence-electron chi connectivity index (χ2n) is 6.33. The van der Waals surface area contributed by atoms with E-state index in [1.54, 1.807) is 7.11 Å². The molecule has 0 atom stereocenters. The molecule has 2 aromatic rings. The lowest BCUT2D eigenvalue weighted by Gasteiger charge is -2.15. The summed E-state index contributed by atoms with van der Waals surface area (Å²) < 4.78 is 11.3. The molecule has 2 aliphatic rings. The van der Waals surface area contributed by atoms with Crippen molar-refractivity contribution in [2.45, 2.75) is 19.3 Å². The number of hydrogen-bond acceptors (Lipinski definition) is 5. The van der Waals surface area contributed by atoms with Gasteiger partial charge in [-0.15, -0.1) is 0 Å². The van der Waals surface area contributed by atoms with Gasteiger partial charge < -0.3 is 14.6 Å². The normalized spacial score (nSPS) is 15.8. The third-order valence-electron chi connectivity index (χ3n) is 4.61. The zero-order valence-corrected chi connectivity index (χ0v) is 13.9. The number of carbonyl (C=O) groups is 1. The lowest BCUT2D eigenvalue weighted by molar-refractivity contribution is 0.202. The summed E-state index contributed by atoms with van der Waals surface area (Å²) in [7, 11) is 1.62. The van der Waals surface area contributed by atoms with Crippen LogP contribution in [-0.2, 0) is 6.42 Å². The molecule has 0 spiro atoms. The van der Waals surface area contributed by atoms with Crippen molar-refractivity contribution < 1.29 is 19.4 Å². The van der Waals surface area contributed by atoms with Crippen molar-refractivity contribution in [1.29, 1.82) is 0 Å². The van der Waals surface area contributed by atoms with Crippen molar-refractivity contribution in [3.05, 3.63) is 30.1 Å². The van der Waals surface area contributed by atoms with Crippen LogP contribution in [0.15, 0.2) is 24.5 Å². The number of methoxy groups -OCH3 is 1. The van der Waals surface area contributed by atoms with E-state index in [1.165, 1.54) is 24.1 Å². The molecule has 1 amide bonds. The van der Waals surface area contributed by atoms with Gasteiger partial charge in [0.2, 0.25) is 0 Å². The highest BCUT2D eigenvalue weighted by Crippen LogP contribution is 2.39.